The Morgan fingerprint density at radius 2 is 1.84 bits per heavy atom. The number of para-hydroxylation sites is 2. The summed E-state index contributed by atoms with van der Waals surface area (Å²) in [5, 5.41) is 3.31. The quantitative estimate of drug-likeness (QED) is 0.858. The summed E-state index contributed by atoms with van der Waals surface area (Å²) in [6, 6.07) is 8.51. The fraction of sp³-hybridized carbons (Fsp3) is 0.619. The highest BCUT2D eigenvalue weighted by Crippen LogP contribution is 2.37. The van der Waals surface area contributed by atoms with E-state index in [9.17, 15) is 4.79 Å². The second kappa shape index (κ2) is 7.19. The van der Waals surface area contributed by atoms with E-state index in [1.807, 2.05) is 6.07 Å². The maximum atomic E-state index is 13.1. The molecule has 1 unspecified atom stereocenters. The molecule has 4 rings (SSSR count). The number of hydrogen-bond acceptors (Lipinski definition) is 2. The van der Waals surface area contributed by atoms with Gasteiger partial charge in [0.25, 0.3) is 0 Å². The molecule has 2 aliphatic rings. The van der Waals surface area contributed by atoms with E-state index in [-0.39, 0.29) is 11.9 Å². The Hall–Kier alpha value is -1.84. The van der Waals surface area contributed by atoms with Crippen LogP contribution in [-0.4, -0.2) is 21.5 Å². The van der Waals surface area contributed by atoms with Crippen LogP contribution in [0.5, 0.6) is 0 Å². The Morgan fingerprint density at radius 3 is 2.56 bits per heavy atom. The molecular formula is C21H29N3O. The van der Waals surface area contributed by atoms with Gasteiger partial charge in [0.05, 0.1) is 11.0 Å². The molecule has 2 aromatic rings. The van der Waals surface area contributed by atoms with E-state index < -0.39 is 0 Å². The largest absolute Gasteiger partial charge is 0.352 e. The van der Waals surface area contributed by atoms with Crippen LogP contribution in [-0.2, 0) is 4.79 Å². The number of amides is 1. The van der Waals surface area contributed by atoms with Gasteiger partial charge in [-0.1, -0.05) is 44.7 Å². The number of hydrogen-bond donors (Lipinski definition) is 1. The summed E-state index contributed by atoms with van der Waals surface area (Å²) in [4.78, 5) is 18.0. The Labute approximate surface area is 150 Å². The first-order valence-corrected chi connectivity index (χ1v) is 10.0. The first-order valence-electron chi connectivity index (χ1n) is 10.0. The number of carbonyl (C=O) groups excluding carboxylic acids is 1. The second-order valence-corrected chi connectivity index (χ2v) is 7.72. The highest BCUT2D eigenvalue weighted by molar-refractivity contribution is 5.84. The van der Waals surface area contributed by atoms with E-state index in [2.05, 4.69) is 35.0 Å². The molecule has 0 radical (unpaired) electrons. The lowest BCUT2D eigenvalue weighted by atomic mass is 10.1. The van der Waals surface area contributed by atoms with Gasteiger partial charge in [0.15, 0.2) is 0 Å². The van der Waals surface area contributed by atoms with Crippen LogP contribution in [0.15, 0.2) is 24.3 Å². The smallest absolute Gasteiger partial charge is 0.243 e. The second-order valence-electron chi connectivity index (χ2n) is 7.72. The molecule has 0 saturated heterocycles. The monoisotopic (exact) mass is 339 g/mol. The molecule has 1 aromatic carbocycles. The molecule has 1 aromatic heterocycles. The number of carbonyl (C=O) groups is 1. The molecule has 25 heavy (non-hydrogen) atoms. The minimum absolute atomic E-state index is 0.149. The first-order chi connectivity index (χ1) is 12.3. The van der Waals surface area contributed by atoms with Crippen LogP contribution in [0.25, 0.3) is 11.0 Å². The highest BCUT2D eigenvalue weighted by Gasteiger charge is 2.30. The number of aromatic nitrogens is 2. The molecule has 134 valence electrons. The molecule has 2 saturated carbocycles. The summed E-state index contributed by atoms with van der Waals surface area (Å²) >= 11 is 0. The predicted molar refractivity (Wildman–Crippen MR) is 101 cm³/mol. The Kier molecular flexibility index (Phi) is 4.78. The summed E-state index contributed by atoms with van der Waals surface area (Å²) < 4.78 is 2.26. The average Bonchev–Trinajstić information content (AvgIpc) is 3.36. The fourth-order valence-corrected chi connectivity index (χ4v) is 4.72. The highest BCUT2D eigenvalue weighted by atomic mass is 16.2. The lowest BCUT2D eigenvalue weighted by molar-refractivity contribution is -0.125. The van der Waals surface area contributed by atoms with Crippen molar-refractivity contribution in [1.82, 2.24) is 14.9 Å². The molecule has 1 amide bonds. The molecular weight excluding hydrogens is 310 g/mol. The van der Waals surface area contributed by atoms with Gasteiger partial charge in [-0.3, -0.25) is 4.79 Å². The molecule has 2 aliphatic carbocycles. The average molecular weight is 339 g/mol. The predicted octanol–water partition coefficient (Wildman–Crippen LogP) is 4.70. The standard InChI is InChI=1S/C21H29N3O/c1-2-18(21(25)22-16-11-5-6-12-16)24-19-14-8-7-13-17(19)23-20(24)15-9-3-4-10-15/h7-8,13-16,18H,2-6,9-12H2,1H3,(H,22,25). The van der Waals surface area contributed by atoms with Crippen molar-refractivity contribution in [2.24, 2.45) is 0 Å². The Balaban J connectivity index is 1.71. The third-order valence-corrected chi connectivity index (χ3v) is 6.05. The fourth-order valence-electron chi connectivity index (χ4n) is 4.72. The van der Waals surface area contributed by atoms with Crippen LogP contribution >= 0.6 is 0 Å². The molecule has 1 N–H and O–H groups in total. The van der Waals surface area contributed by atoms with E-state index in [1.165, 1.54) is 38.5 Å². The van der Waals surface area contributed by atoms with Crippen molar-refractivity contribution in [2.45, 2.75) is 82.7 Å². The lowest BCUT2D eigenvalue weighted by Gasteiger charge is -2.24. The summed E-state index contributed by atoms with van der Waals surface area (Å²) in [5.74, 6) is 1.81. The zero-order valence-corrected chi connectivity index (χ0v) is 15.2. The third-order valence-electron chi connectivity index (χ3n) is 6.05. The van der Waals surface area contributed by atoms with E-state index in [0.29, 0.717) is 12.0 Å². The van der Waals surface area contributed by atoms with E-state index in [4.69, 9.17) is 4.98 Å². The molecule has 0 aliphatic heterocycles. The minimum Gasteiger partial charge on any atom is -0.352 e. The van der Waals surface area contributed by atoms with Crippen molar-refractivity contribution in [2.75, 3.05) is 0 Å². The minimum atomic E-state index is -0.149. The topological polar surface area (TPSA) is 46.9 Å². The molecule has 2 fully saturated rings. The van der Waals surface area contributed by atoms with Crippen LogP contribution in [0, 0.1) is 0 Å². The number of rotatable bonds is 5. The summed E-state index contributed by atoms with van der Waals surface area (Å²) in [6.07, 6.45) is 10.5. The van der Waals surface area contributed by atoms with Crippen molar-refractivity contribution in [3.8, 4) is 0 Å². The molecule has 4 heteroatoms. The SMILES string of the molecule is CCC(C(=O)NC1CCCC1)n1c(C2CCCC2)nc2ccccc21. The number of imidazole rings is 1. The molecule has 4 nitrogen and oxygen atoms in total. The number of fused-ring (bicyclic) bond motifs is 1. The lowest BCUT2D eigenvalue weighted by Crippen LogP contribution is -2.38. The first kappa shape index (κ1) is 16.6. The number of nitrogens with one attached hydrogen (secondary N) is 1. The van der Waals surface area contributed by atoms with Gasteiger partial charge in [-0.15, -0.1) is 0 Å². The molecule has 0 spiro atoms. The van der Waals surface area contributed by atoms with E-state index in [1.54, 1.807) is 0 Å². The van der Waals surface area contributed by atoms with Crippen LogP contribution in [0.1, 0.15) is 82.5 Å². The van der Waals surface area contributed by atoms with Gasteiger partial charge < -0.3 is 9.88 Å². The van der Waals surface area contributed by atoms with Crippen LogP contribution in [0.4, 0.5) is 0 Å². The van der Waals surface area contributed by atoms with Gasteiger partial charge in [0, 0.05) is 12.0 Å². The summed E-state index contributed by atoms with van der Waals surface area (Å²) in [5.41, 5.74) is 2.13. The van der Waals surface area contributed by atoms with Crippen molar-refractivity contribution in [3.05, 3.63) is 30.1 Å². The number of benzene rings is 1. The van der Waals surface area contributed by atoms with Gasteiger partial charge in [0.2, 0.25) is 5.91 Å². The molecule has 0 bridgehead atoms. The van der Waals surface area contributed by atoms with Crippen LogP contribution in [0.2, 0.25) is 0 Å². The van der Waals surface area contributed by atoms with Crippen molar-refractivity contribution in [1.29, 1.82) is 0 Å². The Bertz CT molecular complexity index is 739. The summed E-state index contributed by atoms with van der Waals surface area (Å²) in [7, 11) is 0. The van der Waals surface area contributed by atoms with Gasteiger partial charge in [0.1, 0.15) is 11.9 Å². The number of nitrogens with zero attached hydrogens (tertiary/aromatic N) is 2. The van der Waals surface area contributed by atoms with Crippen LogP contribution in [0.3, 0.4) is 0 Å². The van der Waals surface area contributed by atoms with Crippen LogP contribution < -0.4 is 5.32 Å². The maximum absolute atomic E-state index is 13.1. The van der Waals surface area contributed by atoms with E-state index >= 15 is 0 Å². The van der Waals surface area contributed by atoms with Gasteiger partial charge in [-0.05, 0) is 44.2 Å². The van der Waals surface area contributed by atoms with E-state index in [0.717, 1.165) is 36.1 Å². The summed E-state index contributed by atoms with van der Waals surface area (Å²) in [6.45, 7) is 2.12. The Morgan fingerprint density at radius 1 is 1.16 bits per heavy atom. The van der Waals surface area contributed by atoms with Crippen molar-refractivity contribution in [3.63, 3.8) is 0 Å². The van der Waals surface area contributed by atoms with Gasteiger partial charge >= 0.3 is 0 Å². The third kappa shape index (κ3) is 3.19. The van der Waals surface area contributed by atoms with Crippen molar-refractivity contribution >= 4 is 16.9 Å². The molecule has 1 atom stereocenters. The molecule has 1 heterocycles. The van der Waals surface area contributed by atoms with Gasteiger partial charge in [-0.2, -0.15) is 0 Å². The zero-order valence-electron chi connectivity index (χ0n) is 15.2. The van der Waals surface area contributed by atoms with Crippen molar-refractivity contribution < 1.29 is 4.79 Å². The van der Waals surface area contributed by atoms with Gasteiger partial charge in [-0.25, -0.2) is 4.98 Å². The normalized spacial score (nSPS) is 20.4. The maximum Gasteiger partial charge on any atom is 0.243 e. The zero-order chi connectivity index (χ0) is 17.2.